The van der Waals surface area contributed by atoms with Crippen LogP contribution in [-0.4, -0.2) is 41.4 Å². The first-order valence-corrected chi connectivity index (χ1v) is 4.59. The van der Waals surface area contributed by atoms with E-state index in [4.69, 9.17) is 0 Å². The molecule has 146 valence electrons. The summed E-state index contributed by atoms with van der Waals surface area (Å²) >= 11 is 0. The second-order valence-electron chi connectivity index (χ2n) is 3.64. The third-order valence-electron chi connectivity index (χ3n) is 2.08. The predicted molar refractivity (Wildman–Crippen MR) is 37.0 cm³/mol. The summed E-state index contributed by atoms with van der Waals surface area (Å²) in [5.74, 6) is 0. The molecule has 0 unspecified atom stereocenters. The van der Waals surface area contributed by atoms with E-state index in [1.165, 1.54) is 0 Å². The number of nitrogens with zero attached hydrogens (tertiary/aromatic N) is 1. The van der Waals surface area contributed by atoms with Crippen molar-refractivity contribution in [1.82, 2.24) is 4.90 Å². The summed E-state index contributed by atoms with van der Waals surface area (Å²) in [4.78, 5) is -2.49. The van der Waals surface area contributed by atoms with Crippen molar-refractivity contribution in [2.45, 2.75) is 36.5 Å². The van der Waals surface area contributed by atoms with Gasteiger partial charge in [0.25, 0.3) is 0 Å². The Kier molecular flexibility index (Phi) is 5.68. The molecule has 3 nitrogen and oxygen atoms in total. The molecule has 0 saturated carbocycles. The Balaban J connectivity index is 6.69. The SMILES string of the molecule is FOC(F)(F)C(F)(F)N(C(F)(F)C(F)(F)F)C(F)(F)C(F)(F)OF. The van der Waals surface area contributed by atoms with Crippen molar-refractivity contribution in [3.05, 3.63) is 0 Å². The molecule has 0 saturated heterocycles. The van der Waals surface area contributed by atoms with Crippen LogP contribution < -0.4 is 0 Å². The van der Waals surface area contributed by atoms with Crippen LogP contribution in [-0.2, 0) is 9.88 Å². The first-order valence-electron chi connectivity index (χ1n) is 4.59. The van der Waals surface area contributed by atoms with Gasteiger partial charge in [0.2, 0.25) is 0 Å². The highest BCUT2D eigenvalue weighted by Gasteiger charge is 2.85. The van der Waals surface area contributed by atoms with Crippen molar-refractivity contribution in [3.63, 3.8) is 0 Å². The van der Waals surface area contributed by atoms with E-state index < -0.39 is 41.4 Å². The zero-order chi connectivity index (χ0) is 20.0. The smallest absolute Gasteiger partial charge is 0.178 e. The highest BCUT2D eigenvalue weighted by molar-refractivity contribution is 4.94. The molecule has 0 heterocycles. The van der Waals surface area contributed by atoms with Gasteiger partial charge in [-0.1, -0.05) is 4.90 Å². The number of alkyl halides is 13. The van der Waals surface area contributed by atoms with Gasteiger partial charge in [0.05, 0.1) is 0 Å². The van der Waals surface area contributed by atoms with Crippen LogP contribution in [0.3, 0.4) is 0 Å². The average Bonchev–Trinajstić information content (AvgIpc) is 2.35. The average molecular weight is 403 g/mol. The van der Waals surface area contributed by atoms with Crippen molar-refractivity contribution in [3.8, 4) is 0 Å². The number of rotatable bonds is 7. The first kappa shape index (κ1) is 22.8. The minimum Gasteiger partial charge on any atom is -0.178 e. The van der Waals surface area contributed by atoms with Crippen molar-refractivity contribution in [1.29, 1.82) is 0 Å². The highest BCUT2D eigenvalue weighted by atomic mass is 19.4. The van der Waals surface area contributed by atoms with Gasteiger partial charge in [-0.05, 0) is 9.05 Å². The lowest BCUT2D eigenvalue weighted by Gasteiger charge is -2.43. The zero-order valence-corrected chi connectivity index (χ0v) is 9.93. The quantitative estimate of drug-likeness (QED) is 0.458. The van der Waals surface area contributed by atoms with Gasteiger partial charge >= 0.3 is 36.5 Å². The molecule has 18 heteroatoms. The maximum atomic E-state index is 12.9. The van der Waals surface area contributed by atoms with E-state index in [1.54, 1.807) is 0 Å². The molecule has 0 atom stereocenters. The van der Waals surface area contributed by atoms with Crippen molar-refractivity contribution >= 4 is 0 Å². The Morgan fingerprint density at radius 2 is 0.708 bits per heavy atom. The van der Waals surface area contributed by atoms with Crippen LogP contribution in [0, 0.1) is 0 Å². The summed E-state index contributed by atoms with van der Waals surface area (Å²) in [5.41, 5.74) is 0. The molecule has 24 heavy (non-hydrogen) atoms. The second-order valence-corrected chi connectivity index (χ2v) is 3.64. The lowest BCUT2D eigenvalue weighted by Crippen LogP contribution is -2.74. The monoisotopic (exact) mass is 403 g/mol. The second kappa shape index (κ2) is 5.97. The summed E-state index contributed by atoms with van der Waals surface area (Å²) in [6.07, 6.45) is -22.1. The van der Waals surface area contributed by atoms with Gasteiger partial charge in [-0.3, -0.25) is 0 Å². The third kappa shape index (κ3) is 3.30. The molecule has 0 aliphatic rings. The van der Waals surface area contributed by atoms with Crippen LogP contribution in [0.5, 0.6) is 0 Å². The van der Waals surface area contributed by atoms with Crippen LogP contribution in [0.15, 0.2) is 0 Å². The van der Waals surface area contributed by atoms with E-state index in [0.717, 1.165) is 9.88 Å². The van der Waals surface area contributed by atoms with E-state index in [9.17, 15) is 66.1 Å². The molecule has 0 amide bonds. The van der Waals surface area contributed by atoms with E-state index in [1.807, 2.05) is 0 Å². The van der Waals surface area contributed by atoms with E-state index in [-0.39, 0.29) is 0 Å². The van der Waals surface area contributed by atoms with Crippen LogP contribution >= 0.6 is 0 Å². The van der Waals surface area contributed by atoms with Crippen LogP contribution in [0.25, 0.3) is 0 Å². The summed E-state index contributed by atoms with van der Waals surface area (Å²) in [6, 6.07) is -23.5. The first-order chi connectivity index (χ1) is 10.2. The van der Waals surface area contributed by atoms with Gasteiger partial charge in [0.1, 0.15) is 0 Å². The van der Waals surface area contributed by atoms with Gasteiger partial charge in [-0.25, -0.2) is 0 Å². The molecule has 0 aliphatic heterocycles. The molecule has 0 aromatic heterocycles. The molecule has 0 aliphatic carbocycles. The molecule has 0 fully saturated rings. The Morgan fingerprint density at radius 3 is 0.875 bits per heavy atom. The van der Waals surface area contributed by atoms with Gasteiger partial charge in [-0.15, -0.1) is 9.88 Å². The number of hydrogen-bond acceptors (Lipinski definition) is 3. The third-order valence-corrected chi connectivity index (χ3v) is 2.08. The molecular weight excluding hydrogens is 403 g/mol. The molecule has 0 N–H and O–H groups in total. The van der Waals surface area contributed by atoms with Gasteiger partial charge in [0, 0.05) is 0 Å². The fourth-order valence-corrected chi connectivity index (χ4v) is 1.01. The van der Waals surface area contributed by atoms with E-state index >= 15 is 0 Å². The molecule has 0 radical (unpaired) electrons. The fourth-order valence-electron chi connectivity index (χ4n) is 1.01. The molecule has 0 aromatic carbocycles. The van der Waals surface area contributed by atoms with Crippen molar-refractivity contribution in [2.75, 3.05) is 0 Å². The Hall–Kier alpha value is -1.17. The number of hydrogen-bond donors (Lipinski definition) is 0. The van der Waals surface area contributed by atoms with E-state index in [0.29, 0.717) is 0 Å². The Bertz CT molecular complexity index is 416. The molecule has 0 aromatic rings. The molecule has 0 spiro atoms. The maximum Gasteiger partial charge on any atom is 0.469 e. The zero-order valence-electron chi connectivity index (χ0n) is 9.93. The predicted octanol–water partition coefficient (Wildman–Crippen LogP) is 4.62. The number of halogens is 15. The Morgan fingerprint density at radius 1 is 0.458 bits per heavy atom. The Labute approximate surface area is 119 Å². The van der Waals surface area contributed by atoms with Gasteiger partial charge in [-0.2, -0.15) is 57.1 Å². The van der Waals surface area contributed by atoms with Crippen molar-refractivity contribution in [2.24, 2.45) is 0 Å². The van der Waals surface area contributed by atoms with Crippen LogP contribution in [0.1, 0.15) is 0 Å². The van der Waals surface area contributed by atoms with Crippen molar-refractivity contribution < 1.29 is 76.0 Å². The highest BCUT2D eigenvalue weighted by Crippen LogP contribution is 2.56. The fraction of sp³-hybridized carbons (Fsp3) is 1.00. The topological polar surface area (TPSA) is 21.7 Å². The lowest BCUT2D eigenvalue weighted by atomic mass is 10.3. The van der Waals surface area contributed by atoms with Crippen LogP contribution in [0.4, 0.5) is 66.1 Å². The summed E-state index contributed by atoms with van der Waals surface area (Å²) in [6.45, 7) is 0. The standard InChI is InChI=1S/C6F15NO2/c7-1(8,9)2(10,11)22(3(12,13)5(16,17)23-20)4(14,15)6(18,19)24-21. The molecule has 0 bridgehead atoms. The minimum absolute atomic E-state index is 0.994. The summed E-state index contributed by atoms with van der Waals surface area (Å²) in [5, 5.41) is 0. The summed E-state index contributed by atoms with van der Waals surface area (Å²) < 4.78 is 185. The normalized spacial score (nSPS) is 16.0. The van der Waals surface area contributed by atoms with E-state index in [2.05, 4.69) is 0 Å². The van der Waals surface area contributed by atoms with Gasteiger partial charge < -0.3 is 0 Å². The largest absolute Gasteiger partial charge is 0.469 e. The molecule has 0 rings (SSSR count). The summed E-state index contributed by atoms with van der Waals surface area (Å²) in [7, 11) is 0. The lowest BCUT2D eigenvalue weighted by molar-refractivity contribution is -0.553. The van der Waals surface area contributed by atoms with Gasteiger partial charge in [0.15, 0.2) is 0 Å². The minimum atomic E-state index is -7.88. The van der Waals surface area contributed by atoms with Crippen LogP contribution in [0.2, 0.25) is 0 Å². The maximum absolute atomic E-state index is 12.9. The molecular formula is C6F15NO2.